The van der Waals surface area contributed by atoms with E-state index in [2.05, 4.69) is 15.6 Å². The van der Waals surface area contributed by atoms with Crippen LogP contribution in [0.2, 0.25) is 0 Å². The van der Waals surface area contributed by atoms with Crippen molar-refractivity contribution >= 4 is 28.2 Å². The lowest BCUT2D eigenvalue weighted by Crippen LogP contribution is -2.19. The SMILES string of the molecule is Cc1csc(NC(=O)Nc2cc(O)c(O)c(O)c2)n1. The van der Waals surface area contributed by atoms with Crippen LogP contribution in [0.25, 0.3) is 0 Å². The third-order valence-electron chi connectivity index (χ3n) is 2.17. The van der Waals surface area contributed by atoms with Crippen molar-refractivity contribution in [2.75, 3.05) is 10.6 Å². The van der Waals surface area contributed by atoms with Gasteiger partial charge in [0.1, 0.15) is 0 Å². The molecule has 0 radical (unpaired) electrons. The average molecular weight is 281 g/mol. The number of anilines is 2. The number of hydrogen-bond acceptors (Lipinski definition) is 6. The molecule has 8 heteroatoms. The van der Waals surface area contributed by atoms with Crippen LogP contribution in [-0.4, -0.2) is 26.3 Å². The van der Waals surface area contributed by atoms with Crippen LogP contribution in [0.5, 0.6) is 17.2 Å². The minimum Gasteiger partial charge on any atom is -0.504 e. The molecule has 0 aliphatic heterocycles. The molecule has 0 saturated heterocycles. The highest BCUT2D eigenvalue weighted by Gasteiger charge is 2.11. The highest BCUT2D eigenvalue weighted by atomic mass is 32.1. The van der Waals surface area contributed by atoms with Crippen molar-refractivity contribution in [3.63, 3.8) is 0 Å². The molecule has 100 valence electrons. The maximum atomic E-state index is 11.6. The molecule has 0 unspecified atom stereocenters. The molecule has 2 amide bonds. The molecular weight excluding hydrogens is 270 g/mol. The van der Waals surface area contributed by atoms with E-state index in [1.807, 2.05) is 0 Å². The number of nitrogens with one attached hydrogen (secondary N) is 2. The number of nitrogens with zero attached hydrogens (tertiary/aromatic N) is 1. The highest BCUT2D eigenvalue weighted by molar-refractivity contribution is 7.13. The molecule has 5 N–H and O–H groups in total. The summed E-state index contributed by atoms with van der Waals surface area (Å²) in [6.45, 7) is 1.80. The summed E-state index contributed by atoms with van der Waals surface area (Å²) in [4.78, 5) is 15.7. The third-order valence-corrected chi connectivity index (χ3v) is 3.04. The smallest absolute Gasteiger partial charge is 0.325 e. The minimum absolute atomic E-state index is 0.138. The van der Waals surface area contributed by atoms with Gasteiger partial charge < -0.3 is 20.6 Å². The molecule has 0 aliphatic rings. The van der Waals surface area contributed by atoms with E-state index in [1.54, 1.807) is 12.3 Å². The summed E-state index contributed by atoms with van der Waals surface area (Å²) in [7, 11) is 0. The second kappa shape index (κ2) is 5.02. The van der Waals surface area contributed by atoms with Gasteiger partial charge in [0.2, 0.25) is 0 Å². The van der Waals surface area contributed by atoms with E-state index in [0.717, 1.165) is 17.8 Å². The maximum Gasteiger partial charge on any atom is 0.325 e. The second-order valence-corrected chi connectivity index (χ2v) is 4.59. The molecule has 0 bridgehead atoms. The van der Waals surface area contributed by atoms with Gasteiger partial charge in [-0.2, -0.15) is 0 Å². The molecule has 0 atom stereocenters. The number of urea groups is 1. The van der Waals surface area contributed by atoms with E-state index < -0.39 is 23.3 Å². The standard InChI is InChI=1S/C11H11N3O4S/c1-5-4-19-11(12-5)14-10(18)13-6-2-7(15)9(17)8(16)3-6/h2-4,15-17H,1H3,(H2,12,13,14,18). The first-order valence-electron chi connectivity index (χ1n) is 5.21. The summed E-state index contributed by atoms with van der Waals surface area (Å²) in [6, 6.07) is 1.66. The second-order valence-electron chi connectivity index (χ2n) is 3.74. The molecular formula is C11H11N3O4S. The summed E-state index contributed by atoms with van der Waals surface area (Å²) < 4.78 is 0. The highest BCUT2D eigenvalue weighted by Crippen LogP contribution is 2.37. The normalized spacial score (nSPS) is 10.2. The van der Waals surface area contributed by atoms with Crippen molar-refractivity contribution in [2.45, 2.75) is 6.92 Å². The number of phenols is 3. The topological polar surface area (TPSA) is 115 Å². The van der Waals surface area contributed by atoms with E-state index in [1.165, 1.54) is 11.3 Å². The van der Waals surface area contributed by atoms with Gasteiger partial charge in [-0.15, -0.1) is 11.3 Å². The predicted octanol–water partition coefficient (Wildman–Crippen LogP) is 2.21. The number of rotatable bonds is 2. The van der Waals surface area contributed by atoms with Crippen molar-refractivity contribution < 1.29 is 20.1 Å². The largest absolute Gasteiger partial charge is 0.504 e. The van der Waals surface area contributed by atoms with Crippen molar-refractivity contribution in [2.24, 2.45) is 0 Å². The number of aromatic nitrogens is 1. The number of carbonyl (C=O) groups is 1. The first kappa shape index (κ1) is 13.0. The van der Waals surface area contributed by atoms with Crippen molar-refractivity contribution in [1.29, 1.82) is 0 Å². The number of carbonyl (C=O) groups excluding carboxylic acids is 1. The van der Waals surface area contributed by atoms with E-state index in [9.17, 15) is 15.0 Å². The van der Waals surface area contributed by atoms with Gasteiger partial charge >= 0.3 is 6.03 Å². The Hall–Kier alpha value is -2.48. The molecule has 0 spiro atoms. The third kappa shape index (κ3) is 3.05. The van der Waals surface area contributed by atoms with Crippen LogP contribution in [0.4, 0.5) is 15.6 Å². The molecule has 0 aliphatic carbocycles. The van der Waals surface area contributed by atoms with E-state index >= 15 is 0 Å². The predicted molar refractivity (Wildman–Crippen MR) is 70.9 cm³/mol. The quantitative estimate of drug-likeness (QED) is 0.427. The minimum atomic E-state index is -0.637. The van der Waals surface area contributed by atoms with Gasteiger partial charge in [0, 0.05) is 17.5 Å². The Morgan fingerprint density at radius 2 is 1.84 bits per heavy atom. The van der Waals surface area contributed by atoms with E-state index in [-0.39, 0.29) is 5.69 Å². The summed E-state index contributed by atoms with van der Waals surface area (Å²) in [5.74, 6) is -1.69. The van der Waals surface area contributed by atoms with Crippen LogP contribution in [0.1, 0.15) is 5.69 Å². The first-order chi connectivity index (χ1) is 8.95. The molecule has 1 aromatic heterocycles. The lowest BCUT2D eigenvalue weighted by molar-refractivity contribution is 0.262. The van der Waals surface area contributed by atoms with Crippen LogP contribution in [-0.2, 0) is 0 Å². The zero-order valence-corrected chi connectivity index (χ0v) is 10.7. The Labute approximate surface area is 112 Å². The Kier molecular flexibility index (Phi) is 3.43. The van der Waals surface area contributed by atoms with Gasteiger partial charge in [0.25, 0.3) is 0 Å². The lowest BCUT2D eigenvalue weighted by atomic mass is 10.2. The summed E-state index contributed by atoms with van der Waals surface area (Å²) in [5.41, 5.74) is 0.929. The Morgan fingerprint density at radius 3 is 2.37 bits per heavy atom. The molecule has 7 nitrogen and oxygen atoms in total. The summed E-state index contributed by atoms with van der Waals surface area (Å²) in [6.07, 6.45) is 0. The fourth-order valence-corrected chi connectivity index (χ4v) is 2.03. The molecule has 1 heterocycles. The number of phenolic OH excluding ortho intramolecular Hbond substituents is 3. The molecule has 1 aromatic carbocycles. The van der Waals surface area contributed by atoms with Crippen LogP contribution in [0.3, 0.4) is 0 Å². The zero-order chi connectivity index (χ0) is 14.0. The number of hydrogen-bond donors (Lipinski definition) is 5. The van der Waals surface area contributed by atoms with Gasteiger partial charge in [-0.3, -0.25) is 5.32 Å². The van der Waals surface area contributed by atoms with Crippen LogP contribution in [0.15, 0.2) is 17.5 Å². The number of aromatic hydroxyl groups is 3. The zero-order valence-electron chi connectivity index (χ0n) is 9.84. The van der Waals surface area contributed by atoms with Crippen molar-refractivity contribution in [3.8, 4) is 17.2 Å². The Morgan fingerprint density at radius 1 is 1.21 bits per heavy atom. The fourth-order valence-electron chi connectivity index (χ4n) is 1.35. The summed E-state index contributed by atoms with van der Waals surface area (Å²) >= 11 is 1.28. The first-order valence-corrected chi connectivity index (χ1v) is 6.09. The van der Waals surface area contributed by atoms with Crippen LogP contribution in [0, 0.1) is 6.92 Å². The van der Waals surface area contributed by atoms with E-state index in [4.69, 9.17) is 5.11 Å². The number of benzene rings is 1. The van der Waals surface area contributed by atoms with Crippen molar-refractivity contribution in [1.82, 2.24) is 4.98 Å². The molecule has 0 fully saturated rings. The average Bonchev–Trinajstić information content (AvgIpc) is 2.71. The summed E-state index contributed by atoms with van der Waals surface area (Å²) in [5, 5.41) is 34.9. The van der Waals surface area contributed by atoms with Crippen LogP contribution >= 0.6 is 11.3 Å². The lowest BCUT2D eigenvalue weighted by Gasteiger charge is -2.07. The van der Waals surface area contributed by atoms with Gasteiger partial charge in [0.05, 0.1) is 11.4 Å². The number of amides is 2. The fraction of sp³-hybridized carbons (Fsp3) is 0.0909. The monoisotopic (exact) mass is 281 g/mol. The van der Waals surface area contributed by atoms with Crippen LogP contribution < -0.4 is 10.6 Å². The van der Waals surface area contributed by atoms with Gasteiger partial charge in [-0.1, -0.05) is 0 Å². The van der Waals surface area contributed by atoms with Crippen molar-refractivity contribution in [3.05, 3.63) is 23.2 Å². The maximum absolute atomic E-state index is 11.6. The number of thiazole rings is 1. The van der Waals surface area contributed by atoms with E-state index in [0.29, 0.717) is 5.13 Å². The Balaban J connectivity index is 2.07. The number of aryl methyl sites for hydroxylation is 1. The Bertz CT molecular complexity index is 603. The molecule has 0 saturated carbocycles. The molecule has 19 heavy (non-hydrogen) atoms. The molecule has 2 aromatic rings. The molecule has 2 rings (SSSR count). The van der Waals surface area contributed by atoms with Gasteiger partial charge in [-0.25, -0.2) is 9.78 Å². The van der Waals surface area contributed by atoms with Gasteiger partial charge in [0.15, 0.2) is 22.4 Å². The van der Waals surface area contributed by atoms with Gasteiger partial charge in [-0.05, 0) is 6.92 Å².